The van der Waals surface area contributed by atoms with Crippen LogP contribution in [0.4, 0.5) is 4.39 Å². The highest BCUT2D eigenvalue weighted by Gasteiger charge is 2.23. The monoisotopic (exact) mass is 369 g/mol. The first-order valence-corrected chi connectivity index (χ1v) is 9.25. The zero-order valence-electron chi connectivity index (χ0n) is 13.9. The van der Waals surface area contributed by atoms with Gasteiger partial charge in [-0.2, -0.15) is 0 Å². The zero-order chi connectivity index (χ0) is 18.7. The number of carbonyl (C=O) groups excluding carboxylic acids is 1. The van der Waals surface area contributed by atoms with Crippen molar-refractivity contribution in [1.29, 1.82) is 0 Å². The first kappa shape index (κ1) is 19.2. The van der Waals surface area contributed by atoms with Gasteiger partial charge in [0.1, 0.15) is 6.61 Å². The fourth-order valence-electron chi connectivity index (χ4n) is 1.83. The summed E-state index contributed by atoms with van der Waals surface area (Å²) in [6.07, 6.45) is 2.11. The number of rotatable bonds is 6. The summed E-state index contributed by atoms with van der Waals surface area (Å²) in [5, 5.41) is 0. The smallest absolute Gasteiger partial charge is 0.338 e. The molecule has 6 nitrogen and oxygen atoms in total. The van der Waals surface area contributed by atoms with Crippen molar-refractivity contribution in [2.75, 3.05) is 12.4 Å². The van der Waals surface area contributed by atoms with Gasteiger partial charge in [0.2, 0.25) is 0 Å². The largest absolute Gasteiger partial charge is 0.748 e. The minimum atomic E-state index is -4.48. The Balaban J connectivity index is 2.06. The van der Waals surface area contributed by atoms with Crippen LogP contribution in [-0.2, 0) is 14.9 Å². The molecule has 136 valence electrons. The normalized spacial score (nSPS) is 14.4. The van der Waals surface area contributed by atoms with Gasteiger partial charge in [0.25, 0.3) is 0 Å². The average molecular weight is 369 g/mol. The van der Waals surface area contributed by atoms with Gasteiger partial charge in [-0.15, -0.1) is 0 Å². The van der Waals surface area contributed by atoms with Gasteiger partial charge in [0.05, 0.1) is 21.4 Å². The molecular formula is C17H18FO6S-. The molecule has 0 atom stereocenters. The minimum Gasteiger partial charge on any atom is -0.748 e. The highest BCUT2D eigenvalue weighted by atomic mass is 32.2. The fraction of sp³-hybridized carbons (Fsp3) is 0.471. The molecule has 25 heavy (non-hydrogen) atoms. The number of hydrogen-bond donors (Lipinski definition) is 0. The molecule has 0 N–H and O–H groups in total. The summed E-state index contributed by atoms with van der Waals surface area (Å²) < 4.78 is 55.7. The molecule has 0 amide bonds. The molecule has 1 aliphatic carbocycles. The van der Waals surface area contributed by atoms with Gasteiger partial charge in [-0.25, -0.2) is 17.6 Å². The molecule has 0 spiro atoms. The second kappa shape index (κ2) is 7.42. The first-order valence-electron chi connectivity index (χ1n) is 7.68. The quantitative estimate of drug-likeness (QED) is 0.433. The maximum Gasteiger partial charge on any atom is 0.338 e. The fourth-order valence-corrected chi connectivity index (χ4v) is 2.12. The maximum absolute atomic E-state index is 13.9. The number of hydrogen-bond acceptors (Lipinski definition) is 6. The molecule has 0 unspecified atom stereocenters. The SMILES string of the molecule is CC(C)(C#CC1CC1)Oc1cc(C(=O)OCCS(=O)(=O)[O-])ccc1F. The highest BCUT2D eigenvalue weighted by molar-refractivity contribution is 7.85. The van der Waals surface area contributed by atoms with Crippen LogP contribution in [0.1, 0.15) is 37.0 Å². The lowest BCUT2D eigenvalue weighted by molar-refractivity contribution is 0.0526. The minimum absolute atomic E-state index is 0.0225. The van der Waals surface area contributed by atoms with Crippen molar-refractivity contribution in [1.82, 2.24) is 0 Å². The van der Waals surface area contributed by atoms with Crippen molar-refractivity contribution in [2.24, 2.45) is 5.92 Å². The van der Waals surface area contributed by atoms with Crippen molar-refractivity contribution >= 4 is 16.1 Å². The molecule has 0 radical (unpaired) electrons. The number of ether oxygens (including phenoxy) is 2. The summed E-state index contributed by atoms with van der Waals surface area (Å²) in [5.74, 6) is 3.81. The Kier molecular flexibility index (Phi) is 5.70. The van der Waals surface area contributed by atoms with Gasteiger partial charge in [0, 0.05) is 5.92 Å². The van der Waals surface area contributed by atoms with Gasteiger partial charge in [-0.1, -0.05) is 11.8 Å². The lowest BCUT2D eigenvalue weighted by Crippen LogP contribution is -2.26. The van der Waals surface area contributed by atoms with E-state index in [9.17, 15) is 22.2 Å². The molecule has 0 aromatic heterocycles. The van der Waals surface area contributed by atoms with Crippen molar-refractivity contribution < 1.29 is 31.6 Å². The van der Waals surface area contributed by atoms with Gasteiger partial charge in [-0.05, 0) is 44.9 Å². The lowest BCUT2D eigenvalue weighted by Gasteiger charge is -2.21. The molecule has 1 aliphatic rings. The van der Waals surface area contributed by atoms with Crippen LogP contribution in [0.5, 0.6) is 5.75 Å². The Morgan fingerprint density at radius 2 is 2.08 bits per heavy atom. The van der Waals surface area contributed by atoms with Crippen LogP contribution in [0.2, 0.25) is 0 Å². The molecule has 0 saturated heterocycles. The van der Waals surface area contributed by atoms with Gasteiger partial charge >= 0.3 is 5.97 Å². The Hall–Kier alpha value is -2.11. The molecule has 1 aromatic rings. The van der Waals surface area contributed by atoms with Crippen LogP contribution in [0, 0.1) is 23.6 Å². The number of carbonyl (C=O) groups is 1. The van der Waals surface area contributed by atoms with Crippen LogP contribution in [0.15, 0.2) is 18.2 Å². The summed E-state index contributed by atoms with van der Waals surface area (Å²) >= 11 is 0. The Bertz CT molecular complexity index is 815. The molecule has 0 aliphatic heterocycles. The average Bonchev–Trinajstić information content (AvgIpc) is 3.30. The standard InChI is InChI=1S/C17H19FO6S/c1-17(2,8-7-12-3-4-12)24-15-11-13(5-6-14(15)18)16(19)23-9-10-25(20,21)22/h5-6,11-12H,3-4,9-10H2,1-2H3,(H,20,21,22)/p-1. The van der Waals surface area contributed by atoms with E-state index in [4.69, 9.17) is 9.47 Å². The van der Waals surface area contributed by atoms with Crippen molar-refractivity contribution in [3.05, 3.63) is 29.6 Å². The third kappa shape index (κ3) is 6.72. The van der Waals surface area contributed by atoms with Crippen molar-refractivity contribution in [2.45, 2.75) is 32.3 Å². The summed E-state index contributed by atoms with van der Waals surface area (Å²) in [6.45, 7) is 2.80. The first-order chi connectivity index (χ1) is 11.6. The number of halogens is 1. The van der Waals surface area contributed by atoms with E-state index in [-0.39, 0.29) is 11.3 Å². The Morgan fingerprint density at radius 3 is 2.68 bits per heavy atom. The summed E-state index contributed by atoms with van der Waals surface area (Å²) in [7, 11) is -4.48. The van der Waals surface area contributed by atoms with E-state index in [1.807, 2.05) is 0 Å². The van der Waals surface area contributed by atoms with E-state index in [0.717, 1.165) is 25.0 Å². The third-order valence-corrected chi connectivity index (χ3v) is 3.92. The Labute approximate surface area is 146 Å². The number of benzene rings is 1. The van der Waals surface area contributed by atoms with E-state index in [0.29, 0.717) is 5.92 Å². The summed E-state index contributed by atoms with van der Waals surface area (Å²) in [6, 6.07) is 3.38. The molecule has 1 aromatic carbocycles. The molecule has 8 heteroatoms. The topological polar surface area (TPSA) is 92.7 Å². The highest BCUT2D eigenvalue weighted by Crippen LogP contribution is 2.29. The van der Waals surface area contributed by atoms with Crippen LogP contribution >= 0.6 is 0 Å². The molecular weight excluding hydrogens is 351 g/mol. The predicted octanol–water partition coefficient (Wildman–Crippen LogP) is 2.10. The van der Waals surface area contributed by atoms with E-state index in [2.05, 4.69) is 11.8 Å². The summed E-state index contributed by atoms with van der Waals surface area (Å²) in [4.78, 5) is 11.9. The van der Waals surface area contributed by atoms with Crippen molar-refractivity contribution in [3.63, 3.8) is 0 Å². The Morgan fingerprint density at radius 1 is 1.40 bits per heavy atom. The predicted molar refractivity (Wildman–Crippen MR) is 86.5 cm³/mol. The molecule has 1 saturated carbocycles. The maximum atomic E-state index is 13.9. The van der Waals surface area contributed by atoms with E-state index in [1.165, 1.54) is 6.07 Å². The second-order valence-electron chi connectivity index (χ2n) is 6.20. The van der Waals surface area contributed by atoms with Crippen LogP contribution in [0.25, 0.3) is 0 Å². The van der Waals surface area contributed by atoms with E-state index >= 15 is 0 Å². The summed E-state index contributed by atoms with van der Waals surface area (Å²) in [5.41, 5.74) is -0.964. The molecule has 0 heterocycles. The third-order valence-electron chi connectivity index (χ3n) is 3.25. The van der Waals surface area contributed by atoms with Gasteiger partial charge in [-0.3, -0.25) is 0 Å². The van der Waals surface area contributed by atoms with E-state index < -0.39 is 39.9 Å². The van der Waals surface area contributed by atoms with Crippen LogP contribution in [0.3, 0.4) is 0 Å². The zero-order valence-corrected chi connectivity index (χ0v) is 14.7. The lowest BCUT2D eigenvalue weighted by atomic mass is 10.1. The molecule has 1 fully saturated rings. The van der Waals surface area contributed by atoms with E-state index in [1.54, 1.807) is 13.8 Å². The van der Waals surface area contributed by atoms with Crippen LogP contribution < -0.4 is 4.74 Å². The molecule has 0 bridgehead atoms. The van der Waals surface area contributed by atoms with Gasteiger partial charge in [0.15, 0.2) is 17.2 Å². The molecule has 2 rings (SSSR count). The van der Waals surface area contributed by atoms with Gasteiger partial charge < -0.3 is 14.0 Å². The van der Waals surface area contributed by atoms with Crippen LogP contribution in [-0.4, -0.2) is 36.9 Å². The second-order valence-corrected chi connectivity index (χ2v) is 7.72. The number of esters is 1. The van der Waals surface area contributed by atoms with Crippen molar-refractivity contribution in [3.8, 4) is 17.6 Å².